The zero-order valence-electron chi connectivity index (χ0n) is 13.9. The highest BCUT2D eigenvalue weighted by atomic mass is 35.5. The Labute approximate surface area is 163 Å². The molecule has 0 fully saturated rings. The fourth-order valence-corrected chi connectivity index (χ4v) is 2.93. The van der Waals surface area contributed by atoms with Crippen LogP contribution in [0, 0.1) is 0 Å². The lowest BCUT2D eigenvalue weighted by atomic mass is 10.2. The highest BCUT2D eigenvalue weighted by Crippen LogP contribution is 2.34. The Kier molecular flexibility index (Phi) is 5.29. The average Bonchev–Trinajstić information content (AvgIpc) is 3.05. The number of hydrogen-bond donors (Lipinski definition) is 3. The Morgan fingerprint density at radius 1 is 1.22 bits per heavy atom. The van der Waals surface area contributed by atoms with Gasteiger partial charge in [0, 0.05) is 5.39 Å². The molecule has 0 aliphatic carbocycles. The van der Waals surface area contributed by atoms with Gasteiger partial charge in [-0.2, -0.15) is 0 Å². The van der Waals surface area contributed by atoms with E-state index in [1.807, 2.05) is 12.1 Å². The predicted molar refractivity (Wildman–Crippen MR) is 105 cm³/mol. The van der Waals surface area contributed by atoms with E-state index in [9.17, 15) is 9.59 Å². The van der Waals surface area contributed by atoms with Gasteiger partial charge in [0.05, 0.1) is 23.4 Å². The summed E-state index contributed by atoms with van der Waals surface area (Å²) in [5.74, 6) is -1.44. The molecule has 9 heteroatoms. The summed E-state index contributed by atoms with van der Waals surface area (Å²) in [6.45, 7) is 0. The number of hydrogen-bond acceptors (Lipinski definition) is 5. The van der Waals surface area contributed by atoms with E-state index in [-0.39, 0.29) is 32.9 Å². The summed E-state index contributed by atoms with van der Waals surface area (Å²) in [5, 5.41) is 15.1. The monoisotopic (exact) mass is 404 g/mol. The number of thiocarbonyl (C=S) groups is 1. The number of benzene rings is 2. The number of ether oxygens (including phenoxy) is 1. The van der Waals surface area contributed by atoms with Crippen LogP contribution in [0.4, 0.5) is 5.69 Å². The standard InChI is InChI=1S/C18H13ClN2O5S/c1-25-15-11(19)6-10(17(23)24)7-12(15)20-18(27)21-16(22)14-8-9-4-2-3-5-13(9)26-14/h2-8H,1H3,(H,23,24)(H2,20,21,22,27). The number of methoxy groups -OCH3 is 1. The molecule has 0 bridgehead atoms. The minimum absolute atomic E-state index is 0.0605. The molecule has 0 radical (unpaired) electrons. The van der Waals surface area contributed by atoms with Crippen molar-refractivity contribution in [2.24, 2.45) is 0 Å². The third-order valence-corrected chi connectivity index (χ3v) is 4.10. The van der Waals surface area contributed by atoms with Gasteiger partial charge >= 0.3 is 5.97 Å². The Hall–Kier alpha value is -3.10. The first-order valence-corrected chi connectivity index (χ1v) is 8.39. The number of anilines is 1. The van der Waals surface area contributed by atoms with Gasteiger partial charge in [0.2, 0.25) is 0 Å². The lowest BCUT2D eigenvalue weighted by molar-refractivity contribution is 0.0696. The van der Waals surface area contributed by atoms with Crippen molar-refractivity contribution in [3.63, 3.8) is 0 Å². The van der Waals surface area contributed by atoms with E-state index in [1.54, 1.807) is 18.2 Å². The van der Waals surface area contributed by atoms with E-state index < -0.39 is 11.9 Å². The summed E-state index contributed by atoms with van der Waals surface area (Å²) in [7, 11) is 1.38. The molecule has 3 N–H and O–H groups in total. The molecule has 1 heterocycles. The smallest absolute Gasteiger partial charge is 0.335 e. The maximum atomic E-state index is 12.3. The molecule has 138 valence electrons. The number of halogens is 1. The van der Waals surface area contributed by atoms with Crippen LogP contribution in [0.1, 0.15) is 20.9 Å². The number of carboxylic acid groups (broad SMARTS) is 1. The zero-order valence-corrected chi connectivity index (χ0v) is 15.5. The Balaban J connectivity index is 1.79. The topological polar surface area (TPSA) is 101 Å². The van der Waals surface area contributed by atoms with E-state index in [0.29, 0.717) is 5.58 Å². The summed E-state index contributed by atoms with van der Waals surface area (Å²) in [6, 6.07) is 11.3. The van der Waals surface area contributed by atoms with Crippen LogP contribution in [0.2, 0.25) is 5.02 Å². The van der Waals surface area contributed by atoms with Crippen LogP contribution < -0.4 is 15.4 Å². The minimum atomic E-state index is -1.17. The van der Waals surface area contributed by atoms with Gasteiger partial charge in [0.15, 0.2) is 16.6 Å². The average molecular weight is 405 g/mol. The van der Waals surface area contributed by atoms with Gasteiger partial charge < -0.3 is 19.6 Å². The highest BCUT2D eigenvalue weighted by molar-refractivity contribution is 7.80. The third kappa shape index (κ3) is 4.02. The molecule has 0 aliphatic rings. The van der Waals surface area contributed by atoms with Gasteiger partial charge in [0.1, 0.15) is 5.58 Å². The summed E-state index contributed by atoms with van der Waals surface area (Å²) in [5.41, 5.74) is 0.719. The Morgan fingerprint density at radius 3 is 2.63 bits per heavy atom. The molecule has 7 nitrogen and oxygen atoms in total. The van der Waals surface area contributed by atoms with Gasteiger partial charge in [-0.05, 0) is 36.5 Å². The number of carboxylic acids is 1. The molecular formula is C18H13ClN2O5S. The van der Waals surface area contributed by atoms with Crippen LogP contribution in [0.15, 0.2) is 46.9 Å². The lowest BCUT2D eigenvalue weighted by Crippen LogP contribution is -2.34. The zero-order chi connectivity index (χ0) is 19.6. The largest absolute Gasteiger partial charge is 0.493 e. The summed E-state index contributed by atoms with van der Waals surface area (Å²) in [6.07, 6.45) is 0. The SMILES string of the molecule is COc1c(Cl)cc(C(=O)O)cc1NC(=S)NC(=O)c1cc2ccccc2o1. The van der Waals surface area contributed by atoms with Crippen molar-refractivity contribution in [2.75, 3.05) is 12.4 Å². The molecule has 0 unspecified atom stereocenters. The molecule has 0 saturated heterocycles. The maximum absolute atomic E-state index is 12.3. The molecule has 0 spiro atoms. The number of fused-ring (bicyclic) bond motifs is 1. The van der Waals surface area contributed by atoms with Crippen LogP contribution in [-0.4, -0.2) is 29.2 Å². The number of para-hydroxylation sites is 1. The predicted octanol–water partition coefficient (Wildman–Crippen LogP) is 3.92. The first-order chi connectivity index (χ1) is 12.9. The molecule has 0 aliphatic heterocycles. The molecule has 3 aromatic rings. The van der Waals surface area contributed by atoms with Crippen molar-refractivity contribution in [2.45, 2.75) is 0 Å². The Bertz CT molecular complexity index is 1030. The second kappa shape index (κ2) is 7.65. The van der Waals surface area contributed by atoms with E-state index in [0.717, 1.165) is 5.39 Å². The molecule has 1 aromatic heterocycles. The van der Waals surface area contributed by atoms with Crippen molar-refractivity contribution < 1.29 is 23.8 Å². The van der Waals surface area contributed by atoms with Gasteiger partial charge in [-0.25, -0.2) is 4.79 Å². The Morgan fingerprint density at radius 2 is 1.96 bits per heavy atom. The molecule has 3 rings (SSSR count). The van der Waals surface area contributed by atoms with Crippen molar-refractivity contribution in [3.05, 3.63) is 58.8 Å². The normalized spacial score (nSPS) is 10.4. The lowest BCUT2D eigenvalue weighted by Gasteiger charge is -2.14. The van der Waals surface area contributed by atoms with Crippen molar-refractivity contribution in [1.29, 1.82) is 0 Å². The molecule has 0 saturated carbocycles. The first-order valence-electron chi connectivity index (χ1n) is 7.60. The fourth-order valence-electron chi connectivity index (χ4n) is 2.43. The fraction of sp³-hybridized carbons (Fsp3) is 0.0556. The molecule has 1 amide bonds. The molecule has 2 aromatic carbocycles. The van der Waals surface area contributed by atoms with E-state index in [4.69, 9.17) is 38.1 Å². The van der Waals surface area contributed by atoms with E-state index >= 15 is 0 Å². The third-order valence-electron chi connectivity index (χ3n) is 3.62. The minimum Gasteiger partial charge on any atom is -0.493 e. The number of carbonyl (C=O) groups is 2. The van der Waals surface area contributed by atoms with E-state index in [2.05, 4.69) is 10.6 Å². The van der Waals surface area contributed by atoms with Crippen molar-refractivity contribution in [3.8, 4) is 5.75 Å². The number of rotatable bonds is 4. The molecule has 0 atom stereocenters. The number of carbonyl (C=O) groups excluding carboxylic acids is 1. The van der Waals surface area contributed by atoms with Crippen LogP contribution in [0.25, 0.3) is 11.0 Å². The number of furan rings is 1. The second-order valence-corrected chi connectivity index (χ2v) is 6.22. The summed E-state index contributed by atoms with van der Waals surface area (Å²) < 4.78 is 10.6. The van der Waals surface area contributed by atoms with Crippen LogP contribution in [-0.2, 0) is 0 Å². The van der Waals surface area contributed by atoms with Crippen molar-refractivity contribution in [1.82, 2.24) is 5.32 Å². The number of aromatic carboxylic acids is 1. The number of amides is 1. The highest BCUT2D eigenvalue weighted by Gasteiger charge is 2.17. The van der Waals surface area contributed by atoms with Gasteiger partial charge in [-0.15, -0.1) is 0 Å². The van der Waals surface area contributed by atoms with Crippen molar-refractivity contribution >= 4 is 57.5 Å². The van der Waals surface area contributed by atoms with Crippen LogP contribution in [0.3, 0.4) is 0 Å². The second-order valence-electron chi connectivity index (χ2n) is 5.40. The first kappa shape index (κ1) is 18.7. The van der Waals surface area contributed by atoms with E-state index in [1.165, 1.54) is 19.2 Å². The van der Waals surface area contributed by atoms with Gasteiger partial charge in [-0.1, -0.05) is 29.8 Å². The molecule has 27 heavy (non-hydrogen) atoms. The quantitative estimate of drug-likeness (QED) is 0.566. The van der Waals surface area contributed by atoms with Crippen LogP contribution in [0.5, 0.6) is 5.75 Å². The van der Waals surface area contributed by atoms with Gasteiger partial charge in [0.25, 0.3) is 5.91 Å². The maximum Gasteiger partial charge on any atom is 0.335 e. The molecular weight excluding hydrogens is 392 g/mol. The van der Waals surface area contributed by atoms with Crippen LogP contribution >= 0.6 is 23.8 Å². The summed E-state index contributed by atoms with van der Waals surface area (Å²) in [4.78, 5) is 23.5. The van der Waals surface area contributed by atoms with Gasteiger partial charge in [-0.3, -0.25) is 10.1 Å². The summed E-state index contributed by atoms with van der Waals surface area (Å²) >= 11 is 11.2. The number of nitrogens with one attached hydrogen (secondary N) is 2.